The second kappa shape index (κ2) is 18.3. The molecule has 0 aliphatic rings. The molecule has 0 atom stereocenters. The van der Waals surface area contributed by atoms with E-state index in [1.54, 1.807) is 0 Å². The minimum atomic E-state index is -0.604. The number of hydrogen-bond donors (Lipinski definition) is 1. The Labute approximate surface area is 115 Å². The van der Waals surface area contributed by atoms with Crippen LogP contribution in [0.2, 0.25) is 0 Å². The quantitative estimate of drug-likeness (QED) is 0.331. The molecular formula is C15H22O4. The van der Waals surface area contributed by atoms with Crippen LogP contribution in [-0.2, 0) is 14.3 Å². The van der Waals surface area contributed by atoms with Crippen LogP contribution in [0.5, 0.6) is 0 Å². The highest BCUT2D eigenvalue weighted by atomic mass is 16.5. The summed E-state index contributed by atoms with van der Waals surface area (Å²) in [6.07, 6.45) is 12.2. The molecule has 0 rings (SSSR count). The third-order valence-electron chi connectivity index (χ3n) is 1.52. The molecule has 0 aromatic rings. The first kappa shape index (κ1) is 22.1. The van der Waals surface area contributed by atoms with Crippen molar-refractivity contribution < 1.29 is 19.4 Å². The molecule has 0 bridgehead atoms. The van der Waals surface area contributed by atoms with Crippen LogP contribution in [0.1, 0.15) is 20.3 Å². The number of Topliss-reactive ketones (excluding diaryl/α,β-unsaturated/α-hetero) is 1. The Morgan fingerprint density at radius 2 is 1.79 bits per heavy atom. The van der Waals surface area contributed by atoms with Crippen molar-refractivity contribution in [2.45, 2.75) is 20.3 Å². The summed E-state index contributed by atoms with van der Waals surface area (Å²) in [5.74, 6) is -0.955. The summed E-state index contributed by atoms with van der Waals surface area (Å²) >= 11 is 0. The zero-order valence-electron chi connectivity index (χ0n) is 11.6. The zero-order valence-corrected chi connectivity index (χ0v) is 11.6. The van der Waals surface area contributed by atoms with E-state index in [-0.39, 0.29) is 25.4 Å². The molecule has 0 aromatic heterocycles. The zero-order chi connectivity index (χ0) is 15.7. The van der Waals surface area contributed by atoms with Gasteiger partial charge in [0, 0.05) is 5.57 Å². The molecule has 0 saturated heterocycles. The van der Waals surface area contributed by atoms with Gasteiger partial charge >= 0.3 is 5.97 Å². The normalized spacial score (nSPS) is 8.79. The van der Waals surface area contributed by atoms with Crippen molar-refractivity contribution in [3.05, 3.63) is 37.0 Å². The van der Waals surface area contributed by atoms with Crippen molar-refractivity contribution in [3.8, 4) is 12.8 Å². The van der Waals surface area contributed by atoms with E-state index in [1.807, 2.05) is 13.8 Å². The van der Waals surface area contributed by atoms with Crippen LogP contribution < -0.4 is 0 Å². The Kier molecular flexibility index (Phi) is 21.2. The van der Waals surface area contributed by atoms with Gasteiger partial charge < -0.3 is 9.84 Å². The van der Waals surface area contributed by atoms with Crippen molar-refractivity contribution in [1.82, 2.24) is 0 Å². The van der Waals surface area contributed by atoms with Crippen LogP contribution in [0.25, 0.3) is 0 Å². The first-order chi connectivity index (χ1) is 9.15. The summed E-state index contributed by atoms with van der Waals surface area (Å²) in [4.78, 5) is 22.2. The highest BCUT2D eigenvalue weighted by molar-refractivity contribution is 5.99. The molecule has 0 saturated carbocycles. The number of rotatable bonds is 7. The maximum Gasteiger partial charge on any atom is 0.308 e. The molecule has 0 aromatic carbocycles. The summed E-state index contributed by atoms with van der Waals surface area (Å²) in [6.45, 7) is 10.3. The number of ether oxygens (including phenoxy) is 1. The van der Waals surface area contributed by atoms with Crippen molar-refractivity contribution >= 4 is 11.8 Å². The van der Waals surface area contributed by atoms with E-state index in [4.69, 9.17) is 5.11 Å². The molecule has 0 aliphatic carbocycles. The largest absolute Gasteiger partial charge is 0.457 e. The number of ketones is 1. The number of carbonyl (C=O) groups is 2. The summed E-state index contributed by atoms with van der Waals surface area (Å²) in [5.41, 5.74) is 0.335. The van der Waals surface area contributed by atoms with Crippen molar-refractivity contribution in [2.75, 3.05) is 13.2 Å². The lowest BCUT2D eigenvalue weighted by atomic mass is 10.1. The minimum absolute atomic E-state index is 0.109. The number of terminal acetylenes is 1. The molecule has 4 nitrogen and oxygen atoms in total. The molecule has 0 aliphatic heterocycles. The molecule has 0 spiro atoms. The van der Waals surface area contributed by atoms with Gasteiger partial charge in [0.25, 0.3) is 0 Å². The molecule has 0 heterocycles. The molecule has 0 amide bonds. The van der Waals surface area contributed by atoms with Crippen LogP contribution in [0, 0.1) is 12.8 Å². The molecule has 0 unspecified atom stereocenters. The Balaban J connectivity index is -0.000000579. The monoisotopic (exact) mass is 266 g/mol. The van der Waals surface area contributed by atoms with Gasteiger partial charge in [0.05, 0.1) is 13.0 Å². The minimum Gasteiger partial charge on any atom is -0.457 e. The fourth-order valence-electron chi connectivity index (χ4n) is 0.795. The van der Waals surface area contributed by atoms with Gasteiger partial charge in [-0.05, 0) is 0 Å². The SMILES string of the molecule is C#C.C=C/C=C(\C=C)C(=O)COC(=O)CCO.CC. The van der Waals surface area contributed by atoms with Crippen LogP contribution in [-0.4, -0.2) is 30.1 Å². The van der Waals surface area contributed by atoms with Gasteiger partial charge in [-0.2, -0.15) is 0 Å². The molecular weight excluding hydrogens is 244 g/mol. The number of hydrogen-bond acceptors (Lipinski definition) is 4. The van der Waals surface area contributed by atoms with Gasteiger partial charge in [-0.1, -0.05) is 45.2 Å². The summed E-state index contributed by atoms with van der Waals surface area (Å²) in [6, 6.07) is 0. The third kappa shape index (κ3) is 13.8. The van der Waals surface area contributed by atoms with E-state index < -0.39 is 5.97 Å². The third-order valence-corrected chi connectivity index (χ3v) is 1.52. The van der Waals surface area contributed by atoms with E-state index in [0.717, 1.165) is 0 Å². The van der Waals surface area contributed by atoms with Crippen LogP contribution in [0.3, 0.4) is 0 Å². The molecule has 0 radical (unpaired) electrons. The first-order valence-corrected chi connectivity index (χ1v) is 5.73. The Bertz CT molecular complexity index is 324. The van der Waals surface area contributed by atoms with Gasteiger partial charge in [0.1, 0.15) is 0 Å². The second-order valence-corrected chi connectivity index (χ2v) is 2.62. The number of aliphatic hydroxyl groups is 1. The van der Waals surface area contributed by atoms with Crippen LogP contribution in [0.15, 0.2) is 37.0 Å². The molecule has 19 heavy (non-hydrogen) atoms. The smallest absolute Gasteiger partial charge is 0.308 e. The standard InChI is InChI=1S/C11H14O4.C2H6.C2H2/c1-3-5-9(4-2)10(13)8-15-11(14)6-7-12;2*1-2/h3-5,12H,1-2,6-8H2;1-2H3;1-2H/b9-5+;;. The Hall–Kier alpha value is -2.12. The summed E-state index contributed by atoms with van der Waals surface area (Å²) in [7, 11) is 0. The van der Waals surface area contributed by atoms with E-state index in [9.17, 15) is 9.59 Å². The Morgan fingerprint density at radius 1 is 1.26 bits per heavy atom. The highest BCUT2D eigenvalue weighted by Gasteiger charge is 2.09. The van der Waals surface area contributed by atoms with Gasteiger partial charge in [0.15, 0.2) is 12.4 Å². The predicted molar refractivity (Wildman–Crippen MR) is 77.4 cm³/mol. The van der Waals surface area contributed by atoms with Crippen molar-refractivity contribution in [2.24, 2.45) is 0 Å². The Morgan fingerprint density at radius 3 is 2.16 bits per heavy atom. The van der Waals surface area contributed by atoms with Crippen molar-refractivity contribution in [3.63, 3.8) is 0 Å². The average Bonchev–Trinajstić information content (AvgIpc) is 2.46. The lowest BCUT2D eigenvalue weighted by molar-refractivity contribution is -0.147. The molecule has 1 N–H and O–H groups in total. The number of aliphatic hydroxyl groups excluding tert-OH is 1. The first-order valence-electron chi connectivity index (χ1n) is 5.73. The fourth-order valence-corrected chi connectivity index (χ4v) is 0.795. The molecule has 106 valence electrons. The summed E-state index contributed by atoms with van der Waals surface area (Å²) in [5, 5.41) is 8.41. The average molecular weight is 266 g/mol. The fraction of sp³-hybridized carbons (Fsp3) is 0.333. The maximum atomic E-state index is 11.3. The highest BCUT2D eigenvalue weighted by Crippen LogP contribution is 1.99. The van der Waals surface area contributed by atoms with Gasteiger partial charge in [-0.15, -0.1) is 12.8 Å². The lowest BCUT2D eigenvalue weighted by Crippen LogP contribution is -2.15. The molecule has 4 heteroatoms. The van der Waals surface area contributed by atoms with E-state index in [2.05, 4.69) is 30.7 Å². The van der Waals surface area contributed by atoms with Crippen LogP contribution in [0.4, 0.5) is 0 Å². The second-order valence-electron chi connectivity index (χ2n) is 2.62. The predicted octanol–water partition coefficient (Wildman–Crippen LogP) is 2.06. The van der Waals surface area contributed by atoms with E-state index in [1.165, 1.54) is 18.2 Å². The topological polar surface area (TPSA) is 63.6 Å². The summed E-state index contributed by atoms with van der Waals surface area (Å²) < 4.78 is 4.60. The number of esters is 1. The van der Waals surface area contributed by atoms with E-state index >= 15 is 0 Å². The van der Waals surface area contributed by atoms with E-state index in [0.29, 0.717) is 5.57 Å². The van der Waals surface area contributed by atoms with Gasteiger partial charge in [0.2, 0.25) is 0 Å². The van der Waals surface area contributed by atoms with Crippen molar-refractivity contribution in [1.29, 1.82) is 0 Å². The molecule has 0 fully saturated rings. The maximum absolute atomic E-state index is 11.3. The number of allylic oxidation sites excluding steroid dienone is 3. The van der Waals surface area contributed by atoms with Gasteiger partial charge in [-0.25, -0.2) is 0 Å². The van der Waals surface area contributed by atoms with Gasteiger partial charge in [-0.3, -0.25) is 9.59 Å². The lowest BCUT2D eigenvalue weighted by Gasteiger charge is -2.03. The number of carbonyl (C=O) groups excluding carboxylic acids is 2. The van der Waals surface area contributed by atoms with Crippen LogP contribution >= 0.6 is 0 Å².